The highest BCUT2D eigenvalue weighted by molar-refractivity contribution is 7.80. The van der Waals surface area contributed by atoms with Gasteiger partial charge in [0, 0.05) is 12.2 Å². The normalized spacial score (nSPS) is 15.8. The van der Waals surface area contributed by atoms with Crippen LogP contribution in [0.4, 0.5) is 0 Å². The fourth-order valence-corrected chi connectivity index (χ4v) is 2.56. The first-order chi connectivity index (χ1) is 14.0. The van der Waals surface area contributed by atoms with Crippen LogP contribution in [0.5, 0.6) is 0 Å². The van der Waals surface area contributed by atoms with Gasteiger partial charge in [0.1, 0.15) is 18.1 Å². The Bertz CT molecular complexity index is 634. The number of nitrogens with two attached hydrogens (primary N) is 2. The molecule has 0 saturated heterocycles. The number of carboxylic acids is 1. The minimum Gasteiger partial charge on any atom is -0.480 e. The second-order valence-corrected chi connectivity index (χ2v) is 7.17. The summed E-state index contributed by atoms with van der Waals surface area (Å²) in [4.78, 5) is 58.9. The van der Waals surface area contributed by atoms with Crippen LogP contribution in [0.3, 0.4) is 0 Å². The van der Waals surface area contributed by atoms with Crippen LogP contribution in [0.25, 0.3) is 0 Å². The molecule has 12 nitrogen and oxygen atoms in total. The Morgan fingerprint density at radius 2 is 1.53 bits per heavy atom. The highest BCUT2D eigenvalue weighted by atomic mass is 32.1. The quantitative estimate of drug-likeness (QED) is 0.128. The molecule has 13 heteroatoms. The van der Waals surface area contributed by atoms with Gasteiger partial charge >= 0.3 is 5.97 Å². The van der Waals surface area contributed by atoms with E-state index in [4.69, 9.17) is 11.5 Å². The predicted octanol–water partition coefficient (Wildman–Crippen LogP) is -2.91. The lowest BCUT2D eigenvalue weighted by atomic mass is 9.99. The monoisotopic (exact) mass is 449 g/mol. The number of hydrogen-bond acceptors (Lipinski definition) is 8. The third kappa shape index (κ3) is 9.41. The van der Waals surface area contributed by atoms with Crippen molar-refractivity contribution in [2.45, 2.75) is 57.3 Å². The van der Waals surface area contributed by atoms with Crippen LogP contribution in [0.15, 0.2) is 0 Å². The van der Waals surface area contributed by atoms with E-state index in [-0.39, 0.29) is 24.5 Å². The van der Waals surface area contributed by atoms with Gasteiger partial charge in [0.2, 0.25) is 23.6 Å². The highest BCUT2D eigenvalue weighted by Crippen LogP contribution is 2.08. The fraction of sp³-hybridized carbons (Fsp3) is 0.706. The number of carboxylic acid groups (broad SMARTS) is 1. The van der Waals surface area contributed by atoms with Gasteiger partial charge < -0.3 is 37.6 Å². The largest absolute Gasteiger partial charge is 0.480 e. The Labute approximate surface area is 179 Å². The topological polar surface area (TPSA) is 214 Å². The number of primary amides is 1. The van der Waals surface area contributed by atoms with Gasteiger partial charge in [-0.05, 0) is 12.3 Å². The highest BCUT2D eigenvalue weighted by Gasteiger charge is 2.31. The Balaban J connectivity index is 5.00. The number of carbonyl (C=O) groups excluding carboxylic acids is 4. The maximum absolute atomic E-state index is 12.4. The molecule has 0 spiro atoms. The van der Waals surface area contributed by atoms with Gasteiger partial charge in [-0.3, -0.25) is 19.2 Å². The van der Waals surface area contributed by atoms with Gasteiger partial charge in [0.25, 0.3) is 0 Å². The second kappa shape index (κ2) is 13.8. The molecule has 30 heavy (non-hydrogen) atoms. The van der Waals surface area contributed by atoms with Crippen LogP contribution in [0.1, 0.15) is 33.1 Å². The molecule has 172 valence electrons. The van der Waals surface area contributed by atoms with Gasteiger partial charge in [-0.25, -0.2) is 4.79 Å². The minimum atomic E-state index is -1.44. The van der Waals surface area contributed by atoms with E-state index in [9.17, 15) is 34.2 Å². The summed E-state index contributed by atoms with van der Waals surface area (Å²) >= 11 is 3.98. The Morgan fingerprint density at radius 3 is 1.97 bits per heavy atom. The van der Waals surface area contributed by atoms with Gasteiger partial charge in [0.15, 0.2) is 0 Å². The Morgan fingerprint density at radius 1 is 1.00 bits per heavy atom. The third-order valence-electron chi connectivity index (χ3n) is 4.45. The molecule has 0 aromatic carbocycles. The molecule has 4 amide bonds. The first-order valence-corrected chi connectivity index (χ1v) is 10.0. The Kier molecular flexibility index (Phi) is 12.7. The molecule has 0 aliphatic rings. The molecular formula is C17H31N5O7S. The van der Waals surface area contributed by atoms with Crippen molar-refractivity contribution in [3.8, 4) is 0 Å². The van der Waals surface area contributed by atoms with Crippen LogP contribution < -0.4 is 27.4 Å². The number of thiol groups is 1. The summed E-state index contributed by atoms with van der Waals surface area (Å²) in [6.45, 7) is 2.60. The van der Waals surface area contributed by atoms with Crippen molar-refractivity contribution in [2.75, 3.05) is 12.4 Å². The molecule has 0 rings (SSSR count). The molecular weight excluding hydrogens is 418 g/mol. The smallest absolute Gasteiger partial charge is 0.326 e. The lowest BCUT2D eigenvalue weighted by Crippen LogP contribution is -2.59. The third-order valence-corrected chi connectivity index (χ3v) is 4.81. The molecule has 0 heterocycles. The number of rotatable bonds is 14. The number of hydrogen-bond donors (Lipinski definition) is 8. The van der Waals surface area contributed by atoms with Gasteiger partial charge in [0.05, 0.1) is 12.6 Å². The van der Waals surface area contributed by atoms with Crippen molar-refractivity contribution in [3.63, 3.8) is 0 Å². The van der Waals surface area contributed by atoms with Crippen LogP contribution in [0.2, 0.25) is 0 Å². The van der Waals surface area contributed by atoms with Crippen molar-refractivity contribution in [1.82, 2.24) is 16.0 Å². The van der Waals surface area contributed by atoms with Crippen molar-refractivity contribution < 1.29 is 34.2 Å². The molecule has 0 aliphatic carbocycles. The van der Waals surface area contributed by atoms with E-state index in [1.165, 1.54) is 0 Å². The van der Waals surface area contributed by atoms with Crippen LogP contribution in [0, 0.1) is 5.92 Å². The van der Waals surface area contributed by atoms with E-state index in [0.29, 0.717) is 6.42 Å². The van der Waals surface area contributed by atoms with Crippen molar-refractivity contribution >= 4 is 42.2 Å². The van der Waals surface area contributed by atoms with Gasteiger partial charge in [-0.15, -0.1) is 0 Å². The number of aliphatic hydroxyl groups excluding tert-OH is 1. The predicted molar refractivity (Wildman–Crippen MR) is 110 cm³/mol. The number of amides is 4. The molecule has 5 atom stereocenters. The minimum absolute atomic E-state index is 0.0179. The molecule has 0 bridgehead atoms. The zero-order chi connectivity index (χ0) is 23.4. The maximum atomic E-state index is 12.4. The summed E-state index contributed by atoms with van der Waals surface area (Å²) in [6.07, 6.45) is 0.354. The lowest BCUT2D eigenvalue weighted by molar-refractivity contribution is -0.144. The van der Waals surface area contributed by atoms with Crippen molar-refractivity contribution in [2.24, 2.45) is 17.4 Å². The average molecular weight is 450 g/mol. The number of aliphatic hydroxyl groups is 1. The van der Waals surface area contributed by atoms with Crippen LogP contribution in [-0.2, 0) is 24.0 Å². The molecule has 0 aromatic rings. The second-order valence-electron chi connectivity index (χ2n) is 6.81. The first-order valence-electron chi connectivity index (χ1n) is 9.37. The molecule has 0 aliphatic heterocycles. The van der Waals surface area contributed by atoms with Crippen LogP contribution in [-0.4, -0.2) is 76.3 Å². The standard InChI is InChI=1S/C17H31N5O7S/c1-3-8(2)13(17(28)29)22-15(26)10(6-23)20-16(27)11(7-30)21-14(25)9(18)4-5-12(19)24/h8-11,13,23,30H,3-7,18H2,1-2H3,(H2,19,24)(H,20,27)(H,21,25)(H,22,26)(H,28,29). The first kappa shape index (κ1) is 27.6. The van der Waals surface area contributed by atoms with Crippen LogP contribution >= 0.6 is 12.6 Å². The van der Waals surface area contributed by atoms with E-state index in [0.717, 1.165) is 0 Å². The summed E-state index contributed by atoms with van der Waals surface area (Å²) in [5.74, 6) is -4.84. The fourth-order valence-electron chi connectivity index (χ4n) is 2.31. The van der Waals surface area contributed by atoms with Gasteiger partial charge in [-0.1, -0.05) is 20.3 Å². The molecule has 5 unspecified atom stereocenters. The SMILES string of the molecule is CCC(C)C(NC(=O)C(CO)NC(=O)C(CS)NC(=O)C(N)CCC(N)=O)C(=O)O. The van der Waals surface area contributed by atoms with E-state index in [1.54, 1.807) is 13.8 Å². The summed E-state index contributed by atoms with van der Waals surface area (Å²) in [5, 5.41) is 25.6. The summed E-state index contributed by atoms with van der Waals surface area (Å²) < 4.78 is 0. The van der Waals surface area contributed by atoms with Gasteiger partial charge in [-0.2, -0.15) is 12.6 Å². The molecule has 0 saturated carbocycles. The van der Waals surface area contributed by atoms with E-state index in [2.05, 4.69) is 28.6 Å². The lowest BCUT2D eigenvalue weighted by Gasteiger charge is -2.25. The molecule has 0 fully saturated rings. The number of aliphatic carboxylic acids is 1. The van der Waals surface area contributed by atoms with E-state index >= 15 is 0 Å². The number of carbonyl (C=O) groups is 5. The summed E-state index contributed by atoms with van der Waals surface area (Å²) in [5.41, 5.74) is 10.6. The summed E-state index contributed by atoms with van der Waals surface area (Å²) in [6, 6.07) is -4.91. The molecule has 0 radical (unpaired) electrons. The number of nitrogens with one attached hydrogen (secondary N) is 3. The zero-order valence-electron chi connectivity index (χ0n) is 17.0. The zero-order valence-corrected chi connectivity index (χ0v) is 17.9. The molecule has 9 N–H and O–H groups in total. The maximum Gasteiger partial charge on any atom is 0.326 e. The van der Waals surface area contributed by atoms with Crippen molar-refractivity contribution in [1.29, 1.82) is 0 Å². The van der Waals surface area contributed by atoms with E-state index in [1.807, 2.05) is 0 Å². The van der Waals surface area contributed by atoms with E-state index < -0.39 is 60.4 Å². The summed E-state index contributed by atoms with van der Waals surface area (Å²) in [7, 11) is 0. The van der Waals surface area contributed by atoms with Crippen molar-refractivity contribution in [3.05, 3.63) is 0 Å². The average Bonchev–Trinajstić information content (AvgIpc) is 2.70. The Hall–Kier alpha value is -2.38. The molecule has 0 aromatic heterocycles.